The van der Waals surface area contributed by atoms with Crippen LogP contribution in [0.25, 0.3) is 22.2 Å². The Morgan fingerprint density at radius 2 is 2.00 bits per heavy atom. The number of pyridine rings is 2. The highest BCUT2D eigenvalue weighted by Crippen LogP contribution is 2.28. The van der Waals surface area contributed by atoms with E-state index in [1.165, 1.54) is 0 Å². The second-order valence-corrected chi connectivity index (χ2v) is 7.26. The van der Waals surface area contributed by atoms with Gasteiger partial charge in [-0.1, -0.05) is 0 Å². The Kier molecular flexibility index (Phi) is 5.11. The Hall–Kier alpha value is -3.49. The zero-order valence-corrected chi connectivity index (χ0v) is 16.0. The lowest BCUT2D eigenvalue weighted by Gasteiger charge is -2.26. The van der Waals surface area contributed by atoms with Crippen molar-refractivity contribution in [3.8, 4) is 11.3 Å². The highest BCUT2D eigenvalue weighted by molar-refractivity contribution is 5.93. The highest BCUT2D eigenvalue weighted by atomic mass is 16.6. The summed E-state index contributed by atoms with van der Waals surface area (Å²) in [5, 5.41) is 7.95. The van der Waals surface area contributed by atoms with Gasteiger partial charge in [0.1, 0.15) is 11.9 Å². The standard InChI is InChI=1S/C20H22N6O3/c1-26-11-14(10-23-26)16-7-4-13-9-22-18(8-17(13)24-16)25-19(27)12-2-5-15(6-3-12)29-20(21)28/h4,7-12,15H,2-3,5-6H2,1H3,(H2,21,28)(H,22,25,27)/t12-,15-. The number of carbonyl (C=O) groups excluding carboxylic acids is 2. The van der Waals surface area contributed by atoms with E-state index in [0.717, 1.165) is 22.2 Å². The third-order valence-electron chi connectivity index (χ3n) is 5.15. The Labute approximate surface area is 167 Å². The summed E-state index contributed by atoms with van der Waals surface area (Å²) in [7, 11) is 1.86. The minimum Gasteiger partial charge on any atom is -0.446 e. The lowest BCUT2D eigenvalue weighted by molar-refractivity contribution is -0.121. The number of aryl methyl sites for hydroxylation is 1. The van der Waals surface area contributed by atoms with Gasteiger partial charge in [-0.25, -0.2) is 14.8 Å². The van der Waals surface area contributed by atoms with Crippen molar-refractivity contribution >= 4 is 28.7 Å². The number of rotatable bonds is 4. The molecule has 0 saturated heterocycles. The van der Waals surface area contributed by atoms with E-state index in [9.17, 15) is 9.59 Å². The van der Waals surface area contributed by atoms with Gasteiger partial charge in [-0.3, -0.25) is 9.48 Å². The molecule has 3 aromatic rings. The second kappa shape index (κ2) is 7.86. The van der Waals surface area contributed by atoms with Gasteiger partial charge < -0.3 is 15.8 Å². The van der Waals surface area contributed by atoms with Gasteiger partial charge in [0.05, 0.1) is 17.4 Å². The number of amides is 2. The van der Waals surface area contributed by atoms with Crippen LogP contribution < -0.4 is 11.1 Å². The van der Waals surface area contributed by atoms with Crippen LogP contribution in [0.2, 0.25) is 0 Å². The van der Waals surface area contributed by atoms with E-state index in [-0.39, 0.29) is 17.9 Å². The van der Waals surface area contributed by atoms with Crippen LogP contribution in [-0.4, -0.2) is 37.9 Å². The summed E-state index contributed by atoms with van der Waals surface area (Å²) in [4.78, 5) is 32.5. The van der Waals surface area contributed by atoms with Gasteiger partial charge in [0.25, 0.3) is 0 Å². The molecular formula is C20H22N6O3. The molecule has 3 aromatic heterocycles. The fourth-order valence-corrected chi connectivity index (χ4v) is 3.63. The first kappa shape index (κ1) is 18.9. The third-order valence-corrected chi connectivity index (χ3v) is 5.15. The van der Waals surface area contributed by atoms with Gasteiger partial charge in [0.15, 0.2) is 0 Å². The molecule has 0 atom stereocenters. The summed E-state index contributed by atoms with van der Waals surface area (Å²) in [6, 6.07) is 5.64. The smallest absolute Gasteiger partial charge is 0.404 e. The largest absolute Gasteiger partial charge is 0.446 e. The maximum absolute atomic E-state index is 12.6. The molecule has 4 rings (SSSR count). The number of aromatic nitrogens is 4. The van der Waals surface area contributed by atoms with Crippen LogP contribution in [-0.2, 0) is 16.6 Å². The van der Waals surface area contributed by atoms with Crippen LogP contribution in [0.4, 0.5) is 10.6 Å². The molecule has 0 spiro atoms. The summed E-state index contributed by atoms with van der Waals surface area (Å²) in [6.45, 7) is 0. The topological polar surface area (TPSA) is 125 Å². The molecule has 9 nitrogen and oxygen atoms in total. The summed E-state index contributed by atoms with van der Waals surface area (Å²) in [5.74, 6) is 0.238. The zero-order valence-electron chi connectivity index (χ0n) is 16.0. The molecular weight excluding hydrogens is 372 g/mol. The number of anilines is 1. The van der Waals surface area contributed by atoms with Gasteiger partial charge >= 0.3 is 6.09 Å². The number of ether oxygens (including phenoxy) is 1. The number of primary amides is 1. The number of hydrogen-bond acceptors (Lipinski definition) is 6. The normalized spacial score (nSPS) is 19.1. The van der Waals surface area contributed by atoms with Crippen LogP contribution in [0, 0.1) is 5.92 Å². The molecule has 1 aliphatic rings. The molecule has 0 unspecified atom stereocenters. The fraction of sp³-hybridized carbons (Fsp3) is 0.350. The van der Waals surface area contributed by atoms with E-state index in [4.69, 9.17) is 10.5 Å². The molecule has 29 heavy (non-hydrogen) atoms. The molecule has 9 heteroatoms. The minimum atomic E-state index is -0.767. The number of nitrogens with one attached hydrogen (secondary N) is 1. The van der Waals surface area contributed by atoms with Crippen LogP contribution >= 0.6 is 0 Å². The van der Waals surface area contributed by atoms with Crippen molar-refractivity contribution in [1.29, 1.82) is 0 Å². The molecule has 3 N–H and O–H groups in total. The molecule has 2 amide bonds. The number of carbonyl (C=O) groups is 2. The van der Waals surface area contributed by atoms with E-state index < -0.39 is 6.09 Å². The molecule has 0 aromatic carbocycles. The summed E-state index contributed by atoms with van der Waals surface area (Å²) >= 11 is 0. The number of nitrogens with zero attached hydrogens (tertiary/aromatic N) is 4. The van der Waals surface area contributed by atoms with Crippen LogP contribution in [0.5, 0.6) is 0 Å². The zero-order chi connectivity index (χ0) is 20.4. The van der Waals surface area contributed by atoms with E-state index >= 15 is 0 Å². The Bertz CT molecular complexity index is 1060. The maximum Gasteiger partial charge on any atom is 0.404 e. The first-order valence-electron chi connectivity index (χ1n) is 9.51. The van der Waals surface area contributed by atoms with E-state index in [0.29, 0.717) is 31.5 Å². The van der Waals surface area contributed by atoms with Crippen LogP contribution in [0.3, 0.4) is 0 Å². The van der Waals surface area contributed by atoms with E-state index in [1.807, 2.05) is 25.4 Å². The van der Waals surface area contributed by atoms with Crippen molar-refractivity contribution in [2.45, 2.75) is 31.8 Å². The van der Waals surface area contributed by atoms with Crippen LogP contribution in [0.1, 0.15) is 25.7 Å². The summed E-state index contributed by atoms with van der Waals surface area (Å²) < 4.78 is 6.74. The van der Waals surface area contributed by atoms with Crippen molar-refractivity contribution in [2.24, 2.45) is 18.7 Å². The predicted molar refractivity (Wildman–Crippen MR) is 107 cm³/mol. The highest BCUT2D eigenvalue weighted by Gasteiger charge is 2.28. The van der Waals surface area contributed by atoms with Crippen molar-refractivity contribution < 1.29 is 14.3 Å². The second-order valence-electron chi connectivity index (χ2n) is 7.26. The monoisotopic (exact) mass is 394 g/mol. The SMILES string of the molecule is Cn1cc(-c2ccc3cnc(NC(=O)[C@H]4CC[C@H](OC(N)=O)CC4)cc3n2)cn1. The number of fused-ring (bicyclic) bond motifs is 1. The maximum atomic E-state index is 12.6. The molecule has 0 bridgehead atoms. The van der Waals surface area contributed by atoms with Gasteiger partial charge in [-0.05, 0) is 37.8 Å². The van der Waals surface area contributed by atoms with Gasteiger partial charge in [-0.15, -0.1) is 0 Å². The lowest BCUT2D eigenvalue weighted by Crippen LogP contribution is -2.32. The molecule has 3 heterocycles. The lowest BCUT2D eigenvalue weighted by atomic mass is 9.87. The molecule has 1 fully saturated rings. The van der Waals surface area contributed by atoms with Gasteiger partial charge in [-0.2, -0.15) is 5.10 Å². The minimum absolute atomic E-state index is 0.0854. The first-order chi connectivity index (χ1) is 14.0. The summed E-state index contributed by atoms with van der Waals surface area (Å²) in [6.07, 6.45) is 6.92. The third kappa shape index (κ3) is 4.34. The average molecular weight is 394 g/mol. The molecule has 150 valence electrons. The fourth-order valence-electron chi connectivity index (χ4n) is 3.63. The average Bonchev–Trinajstić information content (AvgIpc) is 3.14. The Morgan fingerprint density at radius 1 is 1.21 bits per heavy atom. The summed E-state index contributed by atoms with van der Waals surface area (Å²) in [5.41, 5.74) is 7.53. The number of hydrogen-bond donors (Lipinski definition) is 2. The Morgan fingerprint density at radius 3 is 2.69 bits per heavy atom. The van der Waals surface area contributed by atoms with Crippen molar-refractivity contribution in [1.82, 2.24) is 19.7 Å². The van der Waals surface area contributed by atoms with Gasteiger partial charge in [0.2, 0.25) is 5.91 Å². The van der Waals surface area contributed by atoms with E-state index in [2.05, 4.69) is 20.4 Å². The van der Waals surface area contributed by atoms with Crippen molar-refractivity contribution in [2.75, 3.05) is 5.32 Å². The molecule has 1 saturated carbocycles. The molecule has 1 aliphatic carbocycles. The van der Waals surface area contributed by atoms with Crippen LogP contribution in [0.15, 0.2) is 36.8 Å². The first-order valence-corrected chi connectivity index (χ1v) is 9.51. The van der Waals surface area contributed by atoms with Gasteiger partial charge in [0, 0.05) is 42.4 Å². The van der Waals surface area contributed by atoms with Crippen molar-refractivity contribution in [3.05, 3.63) is 36.8 Å². The Balaban J connectivity index is 1.45. The predicted octanol–water partition coefficient (Wildman–Crippen LogP) is 2.62. The number of nitrogens with two attached hydrogens (primary N) is 1. The van der Waals surface area contributed by atoms with Crippen molar-refractivity contribution in [3.63, 3.8) is 0 Å². The van der Waals surface area contributed by atoms with E-state index in [1.54, 1.807) is 23.1 Å². The molecule has 0 aliphatic heterocycles. The quantitative estimate of drug-likeness (QED) is 0.701. The molecule has 0 radical (unpaired) electrons.